The number of hydrogen-bond acceptors (Lipinski definition) is 2. The molecule has 3 nitrogen and oxygen atoms in total. The fraction of sp³-hybridized carbons (Fsp3) is 0.500. The van der Waals surface area contributed by atoms with Gasteiger partial charge in [0, 0.05) is 0 Å². The minimum atomic E-state index is -0.652. The Morgan fingerprint density at radius 3 is 2.78 bits per heavy atom. The second-order valence-corrected chi connectivity index (χ2v) is 4.92. The monoisotopic (exact) mass is 250 g/mol. The molecule has 0 bridgehead atoms. The molecule has 1 heterocycles. The van der Waals surface area contributed by atoms with E-state index < -0.39 is 5.54 Å². The van der Waals surface area contributed by atoms with E-state index >= 15 is 0 Å². The summed E-state index contributed by atoms with van der Waals surface area (Å²) < 4.78 is 13.5. The van der Waals surface area contributed by atoms with E-state index in [1.165, 1.54) is 6.07 Å². The number of carbonyl (C=O) groups is 1. The zero-order chi connectivity index (χ0) is 13.0. The van der Waals surface area contributed by atoms with Crippen LogP contribution in [0.4, 0.5) is 4.39 Å². The molecule has 1 aliphatic heterocycles. The van der Waals surface area contributed by atoms with Crippen LogP contribution in [0, 0.1) is 5.82 Å². The smallest absolute Gasteiger partial charge is 0.237 e. The molecule has 1 atom stereocenters. The van der Waals surface area contributed by atoms with E-state index in [0.29, 0.717) is 18.4 Å². The van der Waals surface area contributed by atoms with Crippen LogP contribution < -0.4 is 11.1 Å². The topological polar surface area (TPSA) is 55.1 Å². The third-order valence-electron chi connectivity index (χ3n) is 3.74. The van der Waals surface area contributed by atoms with Gasteiger partial charge in [-0.05, 0) is 50.3 Å². The number of nitrogens with one attached hydrogen (secondary N) is 1. The molecule has 0 radical (unpaired) electrons. The molecule has 4 heteroatoms. The highest BCUT2D eigenvalue weighted by atomic mass is 19.1. The summed E-state index contributed by atoms with van der Waals surface area (Å²) in [4.78, 5) is 11.6. The van der Waals surface area contributed by atoms with Crippen molar-refractivity contribution in [2.24, 2.45) is 5.73 Å². The maximum atomic E-state index is 13.5. The molecule has 1 fully saturated rings. The third kappa shape index (κ3) is 2.70. The Balaban J connectivity index is 2.06. The molecule has 0 spiro atoms. The molecule has 0 aliphatic carbocycles. The molecule has 1 unspecified atom stereocenters. The summed E-state index contributed by atoms with van der Waals surface area (Å²) in [7, 11) is 0. The molecule has 0 aromatic heterocycles. The van der Waals surface area contributed by atoms with Gasteiger partial charge in [-0.15, -0.1) is 0 Å². The summed E-state index contributed by atoms with van der Waals surface area (Å²) in [6, 6.07) is 6.68. The van der Waals surface area contributed by atoms with Gasteiger partial charge in [0.15, 0.2) is 0 Å². The van der Waals surface area contributed by atoms with E-state index in [1.807, 2.05) is 6.07 Å². The van der Waals surface area contributed by atoms with Crippen molar-refractivity contribution in [1.29, 1.82) is 0 Å². The summed E-state index contributed by atoms with van der Waals surface area (Å²) in [5.41, 5.74) is 5.50. The standard InChI is InChI=1S/C14H19FN2O/c15-12-6-2-1-5-11(12)7-9-14(13(16)18)8-3-4-10-17-14/h1-2,5-6,17H,3-4,7-10H2,(H2,16,18). The predicted octanol–water partition coefficient (Wildman–Crippen LogP) is 1.76. The molecule has 1 aromatic rings. The van der Waals surface area contributed by atoms with E-state index in [0.717, 1.165) is 25.8 Å². The van der Waals surface area contributed by atoms with Crippen molar-refractivity contribution in [3.8, 4) is 0 Å². The Hall–Kier alpha value is -1.42. The molecule has 3 N–H and O–H groups in total. The van der Waals surface area contributed by atoms with Crippen LogP contribution >= 0.6 is 0 Å². The van der Waals surface area contributed by atoms with Gasteiger partial charge in [0.05, 0.1) is 5.54 Å². The molecule has 18 heavy (non-hydrogen) atoms. The summed E-state index contributed by atoms with van der Waals surface area (Å²) in [5, 5.41) is 3.22. The summed E-state index contributed by atoms with van der Waals surface area (Å²) in [5.74, 6) is -0.536. The van der Waals surface area contributed by atoms with Gasteiger partial charge >= 0.3 is 0 Å². The lowest BCUT2D eigenvalue weighted by atomic mass is 9.83. The van der Waals surface area contributed by atoms with E-state index in [9.17, 15) is 9.18 Å². The van der Waals surface area contributed by atoms with Crippen LogP contribution in [0.3, 0.4) is 0 Å². The van der Waals surface area contributed by atoms with E-state index in [1.54, 1.807) is 12.1 Å². The number of hydrogen-bond donors (Lipinski definition) is 2. The number of benzene rings is 1. The van der Waals surface area contributed by atoms with Gasteiger partial charge in [-0.25, -0.2) is 4.39 Å². The SMILES string of the molecule is NC(=O)C1(CCc2ccccc2F)CCCCN1. The molecular weight excluding hydrogens is 231 g/mol. The average Bonchev–Trinajstić information content (AvgIpc) is 2.39. The zero-order valence-corrected chi connectivity index (χ0v) is 10.4. The van der Waals surface area contributed by atoms with Crippen LogP contribution in [0.25, 0.3) is 0 Å². The van der Waals surface area contributed by atoms with Gasteiger partial charge in [0.1, 0.15) is 5.82 Å². The molecule has 1 amide bonds. The molecule has 1 aliphatic rings. The Morgan fingerprint density at radius 1 is 1.39 bits per heavy atom. The lowest BCUT2D eigenvalue weighted by Gasteiger charge is -2.35. The summed E-state index contributed by atoms with van der Waals surface area (Å²) in [6.45, 7) is 0.806. The first-order valence-corrected chi connectivity index (χ1v) is 6.42. The van der Waals surface area contributed by atoms with E-state index in [4.69, 9.17) is 5.73 Å². The van der Waals surface area contributed by atoms with Crippen LogP contribution in [0.5, 0.6) is 0 Å². The molecule has 1 saturated heterocycles. The molecule has 2 rings (SSSR count). The fourth-order valence-electron chi connectivity index (χ4n) is 2.56. The van der Waals surface area contributed by atoms with Crippen molar-refractivity contribution in [3.63, 3.8) is 0 Å². The largest absolute Gasteiger partial charge is 0.368 e. The Labute approximate surface area is 107 Å². The van der Waals surface area contributed by atoms with Crippen LogP contribution in [0.15, 0.2) is 24.3 Å². The molecular formula is C14H19FN2O. The maximum Gasteiger partial charge on any atom is 0.237 e. The quantitative estimate of drug-likeness (QED) is 0.855. The zero-order valence-electron chi connectivity index (χ0n) is 10.4. The van der Waals surface area contributed by atoms with Crippen LogP contribution in [-0.2, 0) is 11.2 Å². The van der Waals surface area contributed by atoms with Gasteiger partial charge in [0.2, 0.25) is 5.91 Å². The van der Waals surface area contributed by atoms with Gasteiger partial charge < -0.3 is 11.1 Å². The first kappa shape index (κ1) is 13.0. The minimum Gasteiger partial charge on any atom is -0.368 e. The van der Waals surface area contributed by atoms with Crippen molar-refractivity contribution in [2.75, 3.05) is 6.54 Å². The lowest BCUT2D eigenvalue weighted by molar-refractivity contribution is -0.125. The number of nitrogens with two attached hydrogens (primary N) is 1. The third-order valence-corrected chi connectivity index (χ3v) is 3.74. The Bertz CT molecular complexity index is 428. The highest BCUT2D eigenvalue weighted by Gasteiger charge is 2.37. The fourth-order valence-corrected chi connectivity index (χ4v) is 2.56. The van der Waals surface area contributed by atoms with Crippen molar-refractivity contribution in [1.82, 2.24) is 5.32 Å². The summed E-state index contributed by atoms with van der Waals surface area (Å²) in [6.07, 6.45) is 3.89. The van der Waals surface area contributed by atoms with Gasteiger partial charge in [-0.1, -0.05) is 18.2 Å². The number of carbonyl (C=O) groups excluding carboxylic acids is 1. The van der Waals surface area contributed by atoms with Gasteiger partial charge in [-0.2, -0.15) is 0 Å². The first-order valence-electron chi connectivity index (χ1n) is 6.42. The molecule has 0 saturated carbocycles. The van der Waals surface area contributed by atoms with E-state index in [2.05, 4.69) is 5.32 Å². The summed E-state index contributed by atoms with van der Waals surface area (Å²) >= 11 is 0. The van der Waals surface area contributed by atoms with Crippen LogP contribution in [0.1, 0.15) is 31.2 Å². The second kappa shape index (κ2) is 5.48. The molecule has 98 valence electrons. The number of aryl methyl sites for hydroxylation is 1. The first-order chi connectivity index (χ1) is 8.64. The normalized spacial score (nSPS) is 23.8. The average molecular weight is 250 g/mol. The molecule has 1 aromatic carbocycles. The Kier molecular flexibility index (Phi) is 3.97. The highest BCUT2D eigenvalue weighted by molar-refractivity contribution is 5.84. The predicted molar refractivity (Wildman–Crippen MR) is 68.5 cm³/mol. The van der Waals surface area contributed by atoms with Gasteiger partial charge in [-0.3, -0.25) is 4.79 Å². The van der Waals surface area contributed by atoms with Crippen molar-refractivity contribution in [2.45, 2.75) is 37.6 Å². The Morgan fingerprint density at radius 2 is 2.17 bits per heavy atom. The van der Waals surface area contributed by atoms with Crippen molar-refractivity contribution in [3.05, 3.63) is 35.6 Å². The maximum absolute atomic E-state index is 13.5. The van der Waals surface area contributed by atoms with Gasteiger partial charge in [0.25, 0.3) is 0 Å². The van der Waals surface area contributed by atoms with Crippen molar-refractivity contribution >= 4 is 5.91 Å². The number of primary amides is 1. The van der Waals surface area contributed by atoms with Crippen LogP contribution in [0.2, 0.25) is 0 Å². The van der Waals surface area contributed by atoms with E-state index in [-0.39, 0.29) is 11.7 Å². The number of amides is 1. The number of rotatable bonds is 4. The highest BCUT2D eigenvalue weighted by Crippen LogP contribution is 2.25. The number of piperidine rings is 1. The second-order valence-electron chi connectivity index (χ2n) is 4.92. The van der Waals surface area contributed by atoms with Crippen molar-refractivity contribution < 1.29 is 9.18 Å². The number of halogens is 1. The minimum absolute atomic E-state index is 0.215. The van der Waals surface area contributed by atoms with Crippen LogP contribution in [-0.4, -0.2) is 18.0 Å². The lowest BCUT2D eigenvalue weighted by Crippen LogP contribution is -2.57.